The Morgan fingerprint density at radius 2 is 1.75 bits per heavy atom. The van der Waals surface area contributed by atoms with E-state index in [1.165, 1.54) is 18.2 Å². The summed E-state index contributed by atoms with van der Waals surface area (Å²) in [5.74, 6) is -0.479. The number of aryl methyl sites for hydroxylation is 1. The molecule has 2 aromatic carbocycles. The molecule has 0 spiro atoms. The Kier molecular flexibility index (Phi) is 4.23. The molecule has 0 aliphatic rings. The fraction of sp³-hybridized carbons (Fsp3) is 0.250. The number of ether oxygens (including phenoxy) is 1. The average Bonchev–Trinajstić information content (AvgIpc) is 2.38. The molecular weight excluding hydrogens is 260 g/mol. The number of anilines is 1. The van der Waals surface area contributed by atoms with Crippen molar-refractivity contribution in [1.82, 2.24) is 0 Å². The van der Waals surface area contributed by atoms with Crippen molar-refractivity contribution in [3.8, 4) is 5.75 Å². The van der Waals surface area contributed by atoms with E-state index in [1.54, 1.807) is 14.0 Å². The molecule has 2 aromatic rings. The second kappa shape index (κ2) is 5.90. The Bertz CT molecular complexity index is 593. The van der Waals surface area contributed by atoms with E-state index in [0.717, 1.165) is 5.56 Å². The summed E-state index contributed by atoms with van der Waals surface area (Å²) in [4.78, 5) is 0. The van der Waals surface area contributed by atoms with Crippen molar-refractivity contribution in [2.24, 2.45) is 0 Å². The summed E-state index contributed by atoms with van der Waals surface area (Å²) in [6, 6.07) is 8.98. The minimum absolute atomic E-state index is 0.0241. The average molecular weight is 277 g/mol. The van der Waals surface area contributed by atoms with E-state index in [0.29, 0.717) is 11.4 Å². The first-order chi connectivity index (χ1) is 9.52. The second-order valence-electron chi connectivity index (χ2n) is 4.71. The van der Waals surface area contributed by atoms with Gasteiger partial charge in [0.05, 0.1) is 18.8 Å². The molecule has 0 aromatic heterocycles. The fourth-order valence-corrected chi connectivity index (χ4v) is 2.16. The first kappa shape index (κ1) is 14.3. The van der Waals surface area contributed by atoms with Crippen LogP contribution >= 0.6 is 0 Å². The number of nitrogens with one attached hydrogen (secondary N) is 1. The number of hydrogen-bond donors (Lipinski definition) is 1. The first-order valence-corrected chi connectivity index (χ1v) is 6.38. The van der Waals surface area contributed by atoms with Crippen molar-refractivity contribution in [3.63, 3.8) is 0 Å². The fourth-order valence-electron chi connectivity index (χ4n) is 2.16. The molecule has 2 rings (SSSR count). The number of methoxy groups -OCH3 is 1. The third-order valence-corrected chi connectivity index (χ3v) is 3.16. The van der Waals surface area contributed by atoms with Crippen molar-refractivity contribution in [1.29, 1.82) is 0 Å². The summed E-state index contributed by atoms with van der Waals surface area (Å²) in [5.41, 5.74) is 1.77. The summed E-state index contributed by atoms with van der Waals surface area (Å²) in [6.07, 6.45) is 0. The summed E-state index contributed by atoms with van der Waals surface area (Å²) >= 11 is 0. The van der Waals surface area contributed by atoms with Crippen LogP contribution < -0.4 is 10.1 Å². The van der Waals surface area contributed by atoms with Gasteiger partial charge in [0.15, 0.2) is 0 Å². The van der Waals surface area contributed by atoms with Crippen LogP contribution in [0.2, 0.25) is 0 Å². The summed E-state index contributed by atoms with van der Waals surface area (Å²) < 4.78 is 32.8. The lowest BCUT2D eigenvalue weighted by Crippen LogP contribution is -2.11. The molecule has 0 fully saturated rings. The third-order valence-electron chi connectivity index (χ3n) is 3.16. The van der Waals surface area contributed by atoms with E-state index in [4.69, 9.17) is 4.74 Å². The monoisotopic (exact) mass is 277 g/mol. The van der Waals surface area contributed by atoms with Crippen LogP contribution in [0.4, 0.5) is 14.5 Å². The maximum Gasteiger partial charge on any atom is 0.141 e. The van der Waals surface area contributed by atoms with Crippen LogP contribution in [0.5, 0.6) is 5.75 Å². The molecule has 0 heterocycles. The predicted molar refractivity (Wildman–Crippen MR) is 76.1 cm³/mol. The summed E-state index contributed by atoms with van der Waals surface area (Å²) in [5, 5.41) is 3.10. The van der Waals surface area contributed by atoms with Crippen LogP contribution in [-0.2, 0) is 0 Å². The quantitative estimate of drug-likeness (QED) is 0.891. The van der Waals surface area contributed by atoms with Gasteiger partial charge in [0.1, 0.15) is 17.4 Å². The van der Waals surface area contributed by atoms with Crippen molar-refractivity contribution in [3.05, 3.63) is 59.2 Å². The van der Waals surface area contributed by atoms with Gasteiger partial charge in [0, 0.05) is 5.56 Å². The number of halogens is 2. The van der Waals surface area contributed by atoms with Gasteiger partial charge in [-0.05, 0) is 43.7 Å². The van der Waals surface area contributed by atoms with Crippen molar-refractivity contribution in [2.75, 3.05) is 12.4 Å². The largest absolute Gasteiger partial charge is 0.495 e. The molecule has 1 N–H and O–H groups in total. The van der Waals surface area contributed by atoms with Crippen molar-refractivity contribution in [2.45, 2.75) is 19.9 Å². The normalized spacial score (nSPS) is 12.1. The minimum atomic E-state index is -0.559. The lowest BCUT2D eigenvalue weighted by Gasteiger charge is -2.19. The SMILES string of the molecule is COc1ccc(C)cc1NC(C)c1c(F)cccc1F. The van der Waals surface area contributed by atoms with E-state index >= 15 is 0 Å². The molecule has 2 nitrogen and oxygen atoms in total. The Morgan fingerprint density at radius 3 is 2.35 bits per heavy atom. The van der Waals surface area contributed by atoms with Crippen molar-refractivity contribution >= 4 is 5.69 Å². The zero-order valence-corrected chi connectivity index (χ0v) is 11.7. The van der Waals surface area contributed by atoms with Gasteiger partial charge in [-0.15, -0.1) is 0 Å². The van der Waals surface area contributed by atoms with Gasteiger partial charge >= 0.3 is 0 Å². The van der Waals surface area contributed by atoms with Gasteiger partial charge in [-0.1, -0.05) is 12.1 Å². The van der Waals surface area contributed by atoms with Crippen LogP contribution in [-0.4, -0.2) is 7.11 Å². The molecule has 0 bridgehead atoms. The smallest absolute Gasteiger partial charge is 0.141 e. The molecule has 106 valence electrons. The Labute approximate surface area is 117 Å². The highest BCUT2D eigenvalue weighted by atomic mass is 19.1. The molecule has 0 aliphatic heterocycles. The lowest BCUT2D eigenvalue weighted by molar-refractivity contribution is 0.416. The molecule has 1 atom stereocenters. The number of hydrogen-bond acceptors (Lipinski definition) is 2. The molecule has 20 heavy (non-hydrogen) atoms. The third kappa shape index (κ3) is 2.90. The first-order valence-electron chi connectivity index (χ1n) is 6.38. The van der Waals surface area contributed by atoms with Crippen molar-refractivity contribution < 1.29 is 13.5 Å². The number of rotatable bonds is 4. The van der Waals surface area contributed by atoms with E-state index in [1.807, 2.05) is 25.1 Å². The molecular formula is C16H17F2NO. The zero-order valence-electron chi connectivity index (χ0n) is 11.7. The van der Waals surface area contributed by atoms with Crippen LogP contribution in [0, 0.1) is 18.6 Å². The molecule has 0 aliphatic carbocycles. The Morgan fingerprint density at radius 1 is 1.10 bits per heavy atom. The molecule has 0 saturated heterocycles. The van der Waals surface area contributed by atoms with Crippen LogP contribution in [0.25, 0.3) is 0 Å². The second-order valence-corrected chi connectivity index (χ2v) is 4.71. The van der Waals surface area contributed by atoms with E-state index in [9.17, 15) is 8.78 Å². The highest BCUT2D eigenvalue weighted by Gasteiger charge is 2.17. The van der Waals surface area contributed by atoms with Crippen LogP contribution in [0.3, 0.4) is 0 Å². The number of benzene rings is 2. The van der Waals surface area contributed by atoms with Gasteiger partial charge in [-0.25, -0.2) is 8.78 Å². The maximum absolute atomic E-state index is 13.8. The highest BCUT2D eigenvalue weighted by Crippen LogP contribution is 2.30. The van der Waals surface area contributed by atoms with Gasteiger partial charge in [0.25, 0.3) is 0 Å². The van der Waals surface area contributed by atoms with Gasteiger partial charge in [0.2, 0.25) is 0 Å². The predicted octanol–water partition coefficient (Wildman–Crippen LogP) is 4.45. The van der Waals surface area contributed by atoms with Gasteiger partial charge in [-0.3, -0.25) is 0 Å². The summed E-state index contributed by atoms with van der Waals surface area (Å²) in [7, 11) is 1.56. The summed E-state index contributed by atoms with van der Waals surface area (Å²) in [6.45, 7) is 3.65. The van der Waals surface area contributed by atoms with Crippen LogP contribution in [0.15, 0.2) is 36.4 Å². The molecule has 4 heteroatoms. The molecule has 0 saturated carbocycles. The van der Waals surface area contributed by atoms with Crippen LogP contribution in [0.1, 0.15) is 24.1 Å². The van der Waals surface area contributed by atoms with Gasteiger partial charge in [-0.2, -0.15) is 0 Å². The maximum atomic E-state index is 13.8. The van der Waals surface area contributed by atoms with E-state index in [-0.39, 0.29) is 5.56 Å². The topological polar surface area (TPSA) is 21.3 Å². The Hall–Kier alpha value is -2.10. The van der Waals surface area contributed by atoms with Gasteiger partial charge < -0.3 is 10.1 Å². The highest BCUT2D eigenvalue weighted by molar-refractivity contribution is 5.59. The standard InChI is InChI=1S/C16H17F2NO/c1-10-7-8-15(20-3)14(9-10)19-11(2)16-12(17)5-4-6-13(16)18/h4-9,11,19H,1-3H3. The lowest BCUT2D eigenvalue weighted by atomic mass is 10.1. The minimum Gasteiger partial charge on any atom is -0.495 e. The van der Waals surface area contributed by atoms with E-state index < -0.39 is 17.7 Å². The zero-order chi connectivity index (χ0) is 14.7. The Balaban J connectivity index is 2.32. The molecule has 0 radical (unpaired) electrons. The van der Waals surface area contributed by atoms with E-state index in [2.05, 4.69) is 5.32 Å². The molecule has 0 amide bonds. The molecule has 1 unspecified atom stereocenters.